The highest BCUT2D eigenvalue weighted by atomic mass is 32.2. The van der Waals surface area contributed by atoms with E-state index in [1.807, 2.05) is 17.0 Å². The summed E-state index contributed by atoms with van der Waals surface area (Å²) in [5.41, 5.74) is 2.03. The maximum atomic E-state index is 12.8. The van der Waals surface area contributed by atoms with Crippen LogP contribution in [-0.4, -0.2) is 42.3 Å². The molecule has 0 N–H and O–H groups in total. The van der Waals surface area contributed by atoms with Crippen molar-refractivity contribution in [3.05, 3.63) is 35.4 Å². The van der Waals surface area contributed by atoms with Crippen molar-refractivity contribution in [2.75, 3.05) is 5.75 Å². The van der Waals surface area contributed by atoms with Gasteiger partial charge in [-0.2, -0.15) is 0 Å². The van der Waals surface area contributed by atoms with Gasteiger partial charge in [0.25, 0.3) is 5.91 Å². The zero-order valence-corrected chi connectivity index (χ0v) is 20.5. The van der Waals surface area contributed by atoms with Crippen LogP contribution in [0.4, 0.5) is 0 Å². The predicted octanol–water partition coefficient (Wildman–Crippen LogP) is 5.51. The van der Waals surface area contributed by atoms with Crippen LogP contribution < -0.4 is 0 Å². The van der Waals surface area contributed by atoms with Crippen molar-refractivity contribution in [3.63, 3.8) is 0 Å². The van der Waals surface area contributed by atoms with Crippen molar-refractivity contribution in [1.29, 1.82) is 0 Å². The zero-order valence-electron chi connectivity index (χ0n) is 19.7. The van der Waals surface area contributed by atoms with Crippen LogP contribution in [0.3, 0.4) is 0 Å². The summed E-state index contributed by atoms with van der Waals surface area (Å²) in [7, 11) is -2.93. The van der Waals surface area contributed by atoms with Crippen molar-refractivity contribution in [2.24, 2.45) is 11.8 Å². The molecule has 0 unspecified atom stereocenters. The molecule has 1 aromatic carbocycles. The van der Waals surface area contributed by atoms with Crippen LogP contribution >= 0.6 is 0 Å². The van der Waals surface area contributed by atoms with E-state index >= 15 is 0 Å². The molecular weight excluding hydrogens is 394 g/mol. The highest BCUT2D eigenvalue weighted by Gasteiger charge is 2.27. The summed E-state index contributed by atoms with van der Waals surface area (Å²) in [6.07, 6.45) is 6.49. The molecule has 0 radical (unpaired) electrons. The SMILES string of the molecule is CC(C)N(C(=O)c1ccc(CCC2CCC(CS(=O)(=O)C(C)C)CC2)cc1)C(C)C. The van der Waals surface area contributed by atoms with Crippen LogP contribution in [-0.2, 0) is 16.3 Å². The van der Waals surface area contributed by atoms with Gasteiger partial charge in [-0.05, 0) is 96.8 Å². The van der Waals surface area contributed by atoms with Gasteiger partial charge < -0.3 is 4.90 Å². The van der Waals surface area contributed by atoms with Gasteiger partial charge in [0.05, 0.1) is 11.0 Å². The van der Waals surface area contributed by atoms with Crippen LogP contribution in [0, 0.1) is 11.8 Å². The Labute approximate surface area is 184 Å². The normalized spacial score (nSPS) is 20.2. The van der Waals surface area contributed by atoms with E-state index in [4.69, 9.17) is 0 Å². The van der Waals surface area contributed by atoms with Gasteiger partial charge in [-0.1, -0.05) is 25.0 Å². The van der Waals surface area contributed by atoms with Crippen LogP contribution in [0.5, 0.6) is 0 Å². The van der Waals surface area contributed by atoms with Gasteiger partial charge in [0.1, 0.15) is 0 Å². The molecule has 0 aromatic heterocycles. The topological polar surface area (TPSA) is 54.5 Å². The number of carbonyl (C=O) groups is 1. The Kier molecular flexibility index (Phi) is 8.96. The molecule has 0 aliphatic heterocycles. The number of sulfone groups is 1. The summed E-state index contributed by atoms with van der Waals surface area (Å²) in [5.74, 6) is 1.48. The predicted molar refractivity (Wildman–Crippen MR) is 126 cm³/mol. The third-order valence-electron chi connectivity index (χ3n) is 6.54. The maximum Gasteiger partial charge on any atom is 0.254 e. The quantitative estimate of drug-likeness (QED) is 0.514. The number of amides is 1. The number of nitrogens with zero attached hydrogens (tertiary/aromatic N) is 1. The smallest absolute Gasteiger partial charge is 0.254 e. The van der Waals surface area contributed by atoms with Crippen molar-refractivity contribution in [2.45, 2.75) is 97.4 Å². The zero-order chi connectivity index (χ0) is 22.5. The van der Waals surface area contributed by atoms with Crippen LogP contribution in [0.25, 0.3) is 0 Å². The average Bonchev–Trinajstić information content (AvgIpc) is 2.67. The third-order valence-corrected chi connectivity index (χ3v) is 8.91. The van der Waals surface area contributed by atoms with E-state index in [1.165, 1.54) is 5.56 Å². The molecule has 2 rings (SSSR count). The largest absolute Gasteiger partial charge is 0.334 e. The molecule has 0 spiro atoms. The van der Waals surface area contributed by atoms with Crippen LogP contribution in [0.15, 0.2) is 24.3 Å². The minimum atomic E-state index is -2.93. The first kappa shape index (κ1) is 24.9. The number of rotatable bonds is 9. The Morgan fingerprint density at radius 1 is 0.900 bits per heavy atom. The Balaban J connectivity index is 1.83. The minimum absolute atomic E-state index is 0.0984. The van der Waals surface area contributed by atoms with Crippen molar-refractivity contribution in [1.82, 2.24) is 4.90 Å². The van der Waals surface area contributed by atoms with Gasteiger partial charge in [-0.15, -0.1) is 0 Å². The van der Waals surface area contributed by atoms with Gasteiger partial charge in [0.15, 0.2) is 9.84 Å². The van der Waals surface area contributed by atoms with E-state index in [0.29, 0.717) is 17.6 Å². The molecule has 0 heterocycles. The molecule has 0 saturated heterocycles. The van der Waals surface area contributed by atoms with E-state index in [1.54, 1.807) is 13.8 Å². The lowest BCUT2D eigenvalue weighted by Crippen LogP contribution is -2.42. The van der Waals surface area contributed by atoms with E-state index in [0.717, 1.165) is 44.1 Å². The van der Waals surface area contributed by atoms with Gasteiger partial charge >= 0.3 is 0 Å². The second-order valence-electron chi connectivity index (χ2n) is 9.90. The first-order valence-corrected chi connectivity index (χ1v) is 13.4. The second-order valence-corrected chi connectivity index (χ2v) is 12.5. The lowest BCUT2D eigenvalue weighted by atomic mass is 9.80. The lowest BCUT2D eigenvalue weighted by molar-refractivity contribution is 0.0643. The van der Waals surface area contributed by atoms with Crippen LogP contribution in [0.2, 0.25) is 0 Å². The van der Waals surface area contributed by atoms with E-state index < -0.39 is 9.84 Å². The summed E-state index contributed by atoms with van der Waals surface area (Å²) >= 11 is 0. The average molecular weight is 436 g/mol. The molecule has 4 nitrogen and oxygen atoms in total. The molecule has 0 atom stereocenters. The number of benzene rings is 1. The van der Waals surface area contributed by atoms with Crippen molar-refractivity contribution >= 4 is 15.7 Å². The Morgan fingerprint density at radius 3 is 1.87 bits per heavy atom. The number of hydrogen-bond acceptors (Lipinski definition) is 3. The number of carbonyl (C=O) groups excluding carboxylic acids is 1. The highest BCUT2D eigenvalue weighted by Crippen LogP contribution is 2.33. The fourth-order valence-corrected chi connectivity index (χ4v) is 5.98. The summed E-state index contributed by atoms with van der Waals surface area (Å²) in [6, 6.07) is 8.47. The minimum Gasteiger partial charge on any atom is -0.334 e. The van der Waals surface area contributed by atoms with E-state index in [-0.39, 0.29) is 23.2 Å². The first-order valence-electron chi connectivity index (χ1n) is 11.6. The number of hydrogen-bond donors (Lipinski definition) is 0. The van der Waals surface area contributed by atoms with Crippen molar-refractivity contribution < 1.29 is 13.2 Å². The van der Waals surface area contributed by atoms with E-state index in [2.05, 4.69) is 39.8 Å². The van der Waals surface area contributed by atoms with E-state index in [9.17, 15) is 13.2 Å². The molecule has 1 aliphatic carbocycles. The fraction of sp³-hybridized carbons (Fsp3) is 0.720. The highest BCUT2D eigenvalue weighted by molar-refractivity contribution is 7.91. The molecule has 0 bridgehead atoms. The van der Waals surface area contributed by atoms with Gasteiger partial charge in [-0.3, -0.25) is 4.79 Å². The van der Waals surface area contributed by atoms with Crippen molar-refractivity contribution in [3.8, 4) is 0 Å². The summed E-state index contributed by atoms with van der Waals surface area (Å²) < 4.78 is 24.3. The molecule has 170 valence electrons. The molecule has 5 heteroatoms. The monoisotopic (exact) mass is 435 g/mol. The van der Waals surface area contributed by atoms with Gasteiger partial charge in [-0.25, -0.2) is 8.42 Å². The molecule has 1 saturated carbocycles. The maximum absolute atomic E-state index is 12.8. The summed E-state index contributed by atoms with van der Waals surface area (Å²) in [4.78, 5) is 14.7. The molecule has 1 aliphatic rings. The lowest BCUT2D eigenvalue weighted by Gasteiger charge is -2.31. The Bertz CT molecular complexity index is 765. The Morgan fingerprint density at radius 2 is 1.40 bits per heavy atom. The second kappa shape index (κ2) is 10.8. The molecule has 1 aromatic rings. The summed E-state index contributed by atoms with van der Waals surface area (Å²) in [6.45, 7) is 11.8. The Hall–Kier alpha value is -1.36. The first-order chi connectivity index (χ1) is 14.0. The van der Waals surface area contributed by atoms with Gasteiger partial charge in [0.2, 0.25) is 0 Å². The fourth-order valence-electron chi connectivity index (χ4n) is 4.61. The number of aryl methyl sites for hydroxylation is 1. The molecule has 30 heavy (non-hydrogen) atoms. The molecule has 1 amide bonds. The van der Waals surface area contributed by atoms with Gasteiger partial charge in [0, 0.05) is 17.6 Å². The standard InChI is InChI=1S/C25H41NO3S/c1-18(2)26(19(3)4)25(27)24-15-13-22(14-16-24)8-7-21-9-11-23(12-10-21)17-30(28,29)20(5)6/h13-16,18-21,23H,7-12,17H2,1-6H3. The third kappa shape index (κ3) is 6.83. The molecular formula is C25H41NO3S. The van der Waals surface area contributed by atoms with Crippen LogP contribution in [0.1, 0.15) is 89.6 Å². The summed E-state index contributed by atoms with van der Waals surface area (Å²) in [5, 5.41) is -0.266. The molecule has 1 fully saturated rings.